The second-order valence-electron chi connectivity index (χ2n) is 2.42. The Morgan fingerprint density at radius 2 is 2.00 bits per heavy atom. The zero-order valence-corrected chi connectivity index (χ0v) is 8.35. The molecular formula is C11H19N. The van der Waals surface area contributed by atoms with E-state index in [-0.39, 0.29) is 0 Å². The number of hydrogen-bond donors (Lipinski definition) is 1. The van der Waals surface area contributed by atoms with Crippen LogP contribution >= 0.6 is 0 Å². The summed E-state index contributed by atoms with van der Waals surface area (Å²) in [4.78, 5) is 0. The van der Waals surface area contributed by atoms with Crippen molar-refractivity contribution in [3.05, 3.63) is 36.0 Å². The molecule has 0 amide bonds. The first-order valence-corrected chi connectivity index (χ1v) is 4.55. The molecule has 0 saturated carbocycles. The molecule has 0 bridgehead atoms. The summed E-state index contributed by atoms with van der Waals surface area (Å²) in [5.74, 6) is 0. The van der Waals surface area contributed by atoms with Gasteiger partial charge in [0.25, 0.3) is 0 Å². The molecule has 0 aromatic carbocycles. The van der Waals surface area contributed by atoms with Crippen LogP contribution in [0.3, 0.4) is 0 Å². The highest BCUT2D eigenvalue weighted by molar-refractivity contribution is 5.37. The third kappa shape index (κ3) is 3.54. The molecule has 1 aliphatic rings. The highest BCUT2D eigenvalue weighted by Gasteiger charge is 2.07. The van der Waals surface area contributed by atoms with Gasteiger partial charge in [-0.15, -0.1) is 0 Å². The topological polar surface area (TPSA) is 12.0 Å². The second-order valence-corrected chi connectivity index (χ2v) is 2.42. The van der Waals surface area contributed by atoms with Gasteiger partial charge in [0.15, 0.2) is 0 Å². The molecule has 1 heteroatoms. The first kappa shape index (κ1) is 11.2. The maximum atomic E-state index is 3.92. The molecule has 1 fully saturated rings. The van der Waals surface area contributed by atoms with Gasteiger partial charge >= 0.3 is 0 Å². The first-order chi connectivity index (χ1) is 5.84. The molecule has 0 spiro atoms. The van der Waals surface area contributed by atoms with Crippen molar-refractivity contribution in [2.45, 2.75) is 20.8 Å². The van der Waals surface area contributed by atoms with Crippen LogP contribution in [0.25, 0.3) is 0 Å². The van der Waals surface area contributed by atoms with Crippen LogP contribution in [0, 0.1) is 0 Å². The molecule has 1 aliphatic heterocycles. The van der Waals surface area contributed by atoms with E-state index in [9.17, 15) is 0 Å². The lowest BCUT2D eigenvalue weighted by Gasteiger charge is -1.91. The number of hydrogen-bond acceptors (Lipinski definition) is 1. The lowest BCUT2D eigenvalue weighted by Crippen LogP contribution is -2.04. The average Bonchev–Trinajstić information content (AvgIpc) is 2.51. The van der Waals surface area contributed by atoms with Crippen molar-refractivity contribution in [1.82, 2.24) is 5.32 Å². The fourth-order valence-corrected chi connectivity index (χ4v) is 0.976. The molecule has 12 heavy (non-hydrogen) atoms. The highest BCUT2D eigenvalue weighted by atomic mass is 14.9. The summed E-state index contributed by atoms with van der Waals surface area (Å²) >= 11 is 0. The zero-order chi connectivity index (χ0) is 9.40. The Morgan fingerprint density at radius 3 is 2.42 bits per heavy atom. The predicted molar refractivity (Wildman–Crippen MR) is 56.3 cm³/mol. The largest absolute Gasteiger partial charge is 0.309 e. The maximum absolute atomic E-state index is 3.92. The monoisotopic (exact) mass is 165 g/mol. The van der Waals surface area contributed by atoms with Gasteiger partial charge in [0.2, 0.25) is 0 Å². The van der Waals surface area contributed by atoms with Crippen LogP contribution in [0.15, 0.2) is 36.0 Å². The molecule has 0 unspecified atom stereocenters. The summed E-state index contributed by atoms with van der Waals surface area (Å²) in [6, 6.07) is 0. The molecule has 68 valence electrons. The summed E-state index contributed by atoms with van der Waals surface area (Å²) in [7, 11) is 0. The quantitative estimate of drug-likeness (QED) is 0.630. The van der Waals surface area contributed by atoms with E-state index in [2.05, 4.69) is 18.0 Å². The second kappa shape index (κ2) is 6.86. The van der Waals surface area contributed by atoms with E-state index in [0.717, 1.165) is 13.1 Å². The number of nitrogens with one attached hydrogen (secondary N) is 1. The average molecular weight is 165 g/mol. The standard InChI is InChI=1S/C9H13N.C2H6/c1-3-4-5-9-7-10-6-8(9)2;1-2/h3-5,10H,2,6-7H2,1H3;1-2H3/b4-3-,9-5-;. The smallest absolute Gasteiger partial charge is 0.0211 e. The van der Waals surface area contributed by atoms with E-state index in [0.29, 0.717) is 0 Å². The van der Waals surface area contributed by atoms with E-state index in [1.54, 1.807) is 0 Å². The maximum Gasteiger partial charge on any atom is 0.0211 e. The van der Waals surface area contributed by atoms with Crippen LogP contribution in [-0.2, 0) is 0 Å². The van der Waals surface area contributed by atoms with E-state index < -0.39 is 0 Å². The van der Waals surface area contributed by atoms with Crippen molar-refractivity contribution >= 4 is 0 Å². The molecule has 0 aromatic rings. The van der Waals surface area contributed by atoms with Crippen molar-refractivity contribution in [3.63, 3.8) is 0 Å². The van der Waals surface area contributed by atoms with Gasteiger partial charge in [-0.25, -0.2) is 0 Å². The number of rotatable bonds is 1. The van der Waals surface area contributed by atoms with Gasteiger partial charge in [-0.3, -0.25) is 0 Å². The molecule has 1 saturated heterocycles. The minimum absolute atomic E-state index is 0.948. The summed E-state index contributed by atoms with van der Waals surface area (Å²) in [6.07, 6.45) is 6.19. The van der Waals surface area contributed by atoms with Gasteiger partial charge < -0.3 is 5.32 Å². The fourth-order valence-electron chi connectivity index (χ4n) is 0.976. The SMILES string of the molecule is C=C1CNC/C1=C/C=C\C.CC. The minimum Gasteiger partial charge on any atom is -0.309 e. The lowest BCUT2D eigenvalue weighted by molar-refractivity contribution is 0.895. The molecule has 0 atom stereocenters. The summed E-state index contributed by atoms with van der Waals surface area (Å²) in [5.41, 5.74) is 2.55. The fraction of sp³-hybridized carbons (Fsp3) is 0.455. The molecule has 0 radical (unpaired) electrons. The molecule has 1 nitrogen and oxygen atoms in total. The Hall–Kier alpha value is -0.820. The Bertz CT molecular complexity index is 187. The first-order valence-electron chi connectivity index (χ1n) is 4.55. The lowest BCUT2D eigenvalue weighted by atomic mass is 10.1. The summed E-state index contributed by atoms with van der Waals surface area (Å²) < 4.78 is 0. The van der Waals surface area contributed by atoms with Crippen LogP contribution in [0.1, 0.15) is 20.8 Å². The minimum atomic E-state index is 0.948. The van der Waals surface area contributed by atoms with Gasteiger partial charge in [0, 0.05) is 13.1 Å². The van der Waals surface area contributed by atoms with Crippen molar-refractivity contribution in [3.8, 4) is 0 Å². The van der Waals surface area contributed by atoms with Gasteiger partial charge in [-0.1, -0.05) is 38.7 Å². The van der Waals surface area contributed by atoms with Crippen LogP contribution in [0.5, 0.6) is 0 Å². The van der Waals surface area contributed by atoms with Gasteiger partial charge in [-0.2, -0.15) is 0 Å². The molecule has 1 N–H and O–H groups in total. The third-order valence-electron chi connectivity index (χ3n) is 1.60. The molecule has 1 heterocycles. The Kier molecular flexibility index (Phi) is 6.39. The summed E-state index contributed by atoms with van der Waals surface area (Å²) in [6.45, 7) is 11.9. The molecular weight excluding hydrogens is 146 g/mol. The summed E-state index contributed by atoms with van der Waals surface area (Å²) in [5, 5.41) is 3.23. The van der Waals surface area contributed by atoms with Crippen molar-refractivity contribution in [2.24, 2.45) is 0 Å². The Morgan fingerprint density at radius 1 is 1.33 bits per heavy atom. The number of allylic oxidation sites excluding steroid dienone is 3. The van der Waals surface area contributed by atoms with Crippen molar-refractivity contribution in [1.29, 1.82) is 0 Å². The van der Waals surface area contributed by atoms with Crippen LogP contribution in [0.4, 0.5) is 0 Å². The highest BCUT2D eigenvalue weighted by Crippen LogP contribution is 2.11. The Labute approximate surface area is 75.9 Å². The van der Waals surface area contributed by atoms with E-state index >= 15 is 0 Å². The predicted octanol–water partition coefficient (Wildman–Crippen LogP) is 2.67. The van der Waals surface area contributed by atoms with Gasteiger partial charge in [-0.05, 0) is 18.1 Å². The third-order valence-corrected chi connectivity index (χ3v) is 1.60. The van der Waals surface area contributed by atoms with Gasteiger partial charge in [0.1, 0.15) is 0 Å². The van der Waals surface area contributed by atoms with Gasteiger partial charge in [0.05, 0.1) is 0 Å². The van der Waals surface area contributed by atoms with E-state index in [1.807, 2.05) is 32.9 Å². The van der Waals surface area contributed by atoms with Crippen molar-refractivity contribution in [2.75, 3.05) is 13.1 Å². The zero-order valence-electron chi connectivity index (χ0n) is 8.35. The molecule has 1 rings (SSSR count). The molecule has 0 aliphatic carbocycles. The Balaban J connectivity index is 0.000000561. The van der Waals surface area contributed by atoms with E-state index in [1.165, 1.54) is 11.1 Å². The van der Waals surface area contributed by atoms with E-state index in [4.69, 9.17) is 0 Å². The van der Waals surface area contributed by atoms with Crippen LogP contribution in [-0.4, -0.2) is 13.1 Å². The van der Waals surface area contributed by atoms with Crippen molar-refractivity contribution < 1.29 is 0 Å². The normalized spacial score (nSPS) is 19.9. The van der Waals surface area contributed by atoms with Crippen LogP contribution in [0.2, 0.25) is 0 Å². The van der Waals surface area contributed by atoms with Crippen LogP contribution < -0.4 is 5.32 Å². The molecule has 0 aromatic heterocycles.